The standard InChI is InChI=1S/C31H36N6O2/c1-5-21-8-6-9-25(14-21)34-31-26-15-28(35-30(38)10-7-11-36(2)3)29(16-27(26)32-20-33-31)39-19-22-12-23-17-37(4)18-24(23)13-22/h1,6-10,14-16,20,22-24H,11-13,17-19H2,2-4H3,(H,35,38)(H,32,33,34)/b10-7+. The van der Waals surface area contributed by atoms with Gasteiger partial charge in [0.05, 0.1) is 17.8 Å². The van der Waals surface area contributed by atoms with Gasteiger partial charge in [-0.15, -0.1) is 6.42 Å². The predicted octanol–water partition coefficient (Wildman–Crippen LogP) is 4.38. The number of nitrogens with one attached hydrogen (secondary N) is 2. The first-order valence-electron chi connectivity index (χ1n) is 13.4. The highest BCUT2D eigenvalue weighted by atomic mass is 16.5. The molecule has 3 aromatic rings. The summed E-state index contributed by atoms with van der Waals surface area (Å²) in [4.78, 5) is 26.2. The third-order valence-corrected chi connectivity index (χ3v) is 7.53. The van der Waals surface area contributed by atoms with E-state index in [1.807, 2.05) is 61.5 Å². The summed E-state index contributed by atoms with van der Waals surface area (Å²) in [6.07, 6.45) is 12.9. The molecule has 0 spiro atoms. The molecule has 2 aromatic carbocycles. The van der Waals surface area contributed by atoms with Gasteiger partial charge in [0.1, 0.15) is 17.9 Å². The normalized spacial score (nSPS) is 20.8. The van der Waals surface area contributed by atoms with E-state index in [0.717, 1.165) is 34.0 Å². The predicted molar refractivity (Wildman–Crippen MR) is 156 cm³/mol. The SMILES string of the molecule is C#Cc1cccc(Nc2ncnc3cc(OCC4CC5CN(C)CC5C4)c(NC(=O)/C=C/CN(C)C)cc23)c1. The third kappa shape index (κ3) is 6.56. The van der Waals surface area contributed by atoms with E-state index in [9.17, 15) is 4.79 Å². The van der Waals surface area contributed by atoms with Crippen molar-refractivity contribution in [2.45, 2.75) is 12.8 Å². The topological polar surface area (TPSA) is 82.6 Å². The lowest BCUT2D eigenvalue weighted by Crippen LogP contribution is -2.19. The molecular weight excluding hydrogens is 488 g/mol. The minimum Gasteiger partial charge on any atom is -0.491 e. The number of likely N-dealkylation sites (tertiary alicyclic amines) is 1. The van der Waals surface area contributed by atoms with Crippen LogP contribution in [0.5, 0.6) is 5.75 Å². The van der Waals surface area contributed by atoms with Gasteiger partial charge >= 0.3 is 0 Å². The fourth-order valence-electron chi connectivity index (χ4n) is 5.77. The van der Waals surface area contributed by atoms with Crippen molar-refractivity contribution in [2.75, 3.05) is 58.0 Å². The molecular formula is C31H36N6O2. The Labute approximate surface area is 230 Å². The van der Waals surface area contributed by atoms with Crippen LogP contribution in [-0.4, -0.2) is 73.1 Å². The second-order valence-electron chi connectivity index (χ2n) is 11.0. The summed E-state index contributed by atoms with van der Waals surface area (Å²) in [5.74, 6) is 5.71. The molecule has 2 N–H and O–H groups in total. The number of terminal acetylenes is 1. The van der Waals surface area contributed by atoms with E-state index >= 15 is 0 Å². The van der Waals surface area contributed by atoms with Gasteiger partial charge < -0.3 is 25.2 Å². The summed E-state index contributed by atoms with van der Waals surface area (Å²) >= 11 is 0. The number of carbonyl (C=O) groups is 1. The summed E-state index contributed by atoms with van der Waals surface area (Å²) in [6, 6.07) is 11.4. The molecule has 1 aromatic heterocycles. The van der Waals surface area contributed by atoms with Gasteiger partial charge in [0, 0.05) is 48.4 Å². The number of hydrogen-bond donors (Lipinski definition) is 2. The van der Waals surface area contributed by atoms with Gasteiger partial charge in [0.15, 0.2) is 0 Å². The molecule has 2 unspecified atom stereocenters. The van der Waals surface area contributed by atoms with E-state index in [-0.39, 0.29) is 5.91 Å². The Kier molecular flexibility index (Phi) is 8.10. The zero-order valence-electron chi connectivity index (χ0n) is 22.9. The molecule has 5 rings (SSSR count). The van der Waals surface area contributed by atoms with E-state index in [4.69, 9.17) is 11.2 Å². The second-order valence-corrected chi connectivity index (χ2v) is 11.0. The van der Waals surface area contributed by atoms with Gasteiger partial charge in [-0.25, -0.2) is 9.97 Å². The number of carbonyl (C=O) groups excluding carboxylic acids is 1. The van der Waals surface area contributed by atoms with E-state index in [1.54, 1.807) is 6.08 Å². The van der Waals surface area contributed by atoms with Gasteiger partial charge in [-0.1, -0.05) is 18.1 Å². The Balaban J connectivity index is 1.40. The van der Waals surface area contributed by atoms with Crippen LogP contribution in [0, 0.1) is 30.1 Å². The Hall–Kier alpha value is -3.93. The molecule has 202 valence electrons. The van der Waals surface area contributed by atoms with E-state index in [2.05, 4.69) is 38.5 Å². The lowest BCUT2D eigenvalue weighted by Gasteiger charge is -2.18. The van der Waals surface area contributed by atoms with Gasteiger partial charge in [-0.3, -0.25) is 4.79 Å². The Morgan fingerprint density at radius 3 is 2.74 bits per heavy atom. The third-order valence-electron chi connectivity index (χ3n) is 7.53. The van der Waals surface area contributed by atoms with Crippen LogP contribution >= 0.6 is 0 Å². The van der Waals surface area contributed by atoms with Crippen LogP contribution in [-0.2, 0) is 4.79 Å². The van der Waals surface area contributed by atoms with Crippen LogP contribution in [0.25, 0.3) is 10.9 Å². The molecule has 39 heavy (non-hydrogen) atoms. The molecule has 0 bridgehead atoms. The number of ether oxygens (including phenoxy) is 1. The Morgan fingerprint density at radius 2 is 2.00 bits per heavy atom. The zero-order valence-corrected chi connectivity index (χ0v) is 22.9. The van der Waals surface area contributed by atoms with Gasteiger partial charge in [0.25, 0.3) is 0 Å². The molecule has 1 amide bonds. The molecule has 1 saturated heterocycles. The summed E-state index contributed by atoms with van der Waals surface area (Å²) in [6.45, 7) is 3.65. The smallest absolute Gasteiger partial charge is 0.248 e. The van der Waals surface area contributed by atoms with Crippen molar-refractivity contribution in [1.29, 1.82) is 0 Å². The number of hydrogen-bond acceptors (Lipinski definition) is 7. The first kappa shape index (κ1) is 26.7. The summed E-state index contributed by atoms with van der Waals surface area (Å²) < 4.78 is 6.39. The molecule has 0 radical (unpaired) electrons. The molecule has 8 heteroatoms. The van der Waals surface area contributed by atoms with Crippen molar-refractivity contribution >= 4 is 34.0 Å². The zero-order chi connectivity index (χ0) is 27.4. The van der Waals surface area contributed by atoms with Crippen LogP contribution < -0.4 is 15.4 Å². The maximum atomic E-state index is 12.8. The van der Waals surface area contributed by atoms with Gasteiger partial charge in [-0.05, 0) is 76.0 Å². The van der Waals surface area contributed by atoms with Crippen LogP contribution in [0.3, 0.4) is 0 Å². The molecule has 2 aliphatic rings. The van der Waals surface area contributed by atoms with Crippen molar-refractivity contribution in [3.8, 4) is 18.1 Å². The van der Waals surface area contributed by atoms with Crippen LogP contribution in [0.15, 0.2) is 54.9 Å². The molecule has 2 atom stereocenters. The van der Waals surface area contributed by atoms with Crippen molar-refractivity contribution in [3.05, 3.63) is 60.4 Å². The molecule has 1 aliphatic heterocycles. The summed E-state index contributed by atoms with van der Waals surface area (Å²) in [7, 11) is 6.12. The average Bonchev–Trinajstić information content (AvgIpc) is 3.44. The lowest BCUT2D eigenvalue weighted by atomic mass is 10.0. The van der Waals surface area contributed by atoms with E-state index < -0.39 is 0 Å². The van der Waals surface area contributed by atoms with Crippen LogP contribution in [0.4, 0.5) is 17.2 Å². The number of anilines is 3. The minimum absolute atomic E-state index is 0.215. The van der Waals surface area contributed by atoms with Gasteiger partial charge in [0.2, 0.25) is 5.91 Å². The molecule has 2 heterocycles. The van der Waals surface area contributed by atoms with Crippen molar-refractivity contribution in [3.63, 3.8) is 0 Å². The maximum Gasteiger partial charge on any atom is 0.248 e. The Morgan fingerprint density at radius 1 is 1.21 bits per heavy atom. The second kappa shape index (κ2) is 11.9. The first-order chi connectivity index (χ1) is 18.9. The number of fused-ring (bicyclic) bond motifs is 2. The average molecular weight is 525 g/mol. The molecule has 8 nitrogen and oxygen atoms in total. The van der Waals surface area contributed by atoms with Gasteiger partial charge in [-0.2, -0.15) is 0 Å². The number of benzene rings is 2. The number of likely N-dealkylation sites (N-methyl/N-ethyl adjacent to an activating group) is 1. The highest BCUT2D eigenvalue weighted by Gasteiger charge is 2.39. The fraction of sp³-hybridized carbons (Fsp3) is 0.387. The summed E-state index contributed by atoms with van der Waals surface area (Å²) in [5.41, 5.74) is 2.91. The number of amides is 1. The largest absolute Gasteiger partial charge is 0.491 e. The lowest BCUT2D eigenvalue weighted by molar-refractivity contribution is -0.111. The quantitative estimate of drug-likeness (QED) is 0.318. The number of aromatic nitrogens is 2. The van der Waals surface area contributed by atoms with E-state index in [0.29, 0.717) is 36.3 Å². The van der Waals surface area contributed by atoms with Crippen LogP contribution in [0.1, 0.15) is 18.4 Å². The Bertz CT molecular complexity index is 1400. The highest BCUT2D eigenvalue weighted by molar-refractivity contribution is 6.03. The van der Waals surface area contributed by atoms with Crippen molar-refractivity contribution in [1.82, 2.24) is 19.8 Å². The number of rotatable bonds is 9. The molecule has 1 aliphatic carbocycles. The molecule has 1 saturated carbocycles. The summed E-state index contributed by atoms with van der Waals surface area (Å²) in [5, 5.41) is 7.13. The van der Waals surface area contributed by atoms with Crippen LogP contribution in [0.2, 0.25) is 0 Å². The van der Waals surface area contributed by atoms with E-state index in [1.165, 1.54) is 32.3 Å². The number of nitrogens with zero attached hydrogens (tertiary/aromatic N) is 4. The monoisotopic (exact) mass is 524 g/mol. The van der Waals surface area contributed by atoms with Crippen molar-refractivity contribution < 1.29 is 9.53 Å². The maximum absolute atomic E-state index is 12.8. The molecule has 2 fully saturated rings. The highest BCUT2D eigenvalue weighted by Crippen LogP contribution is 2.42. The first-order valence-corrected chi connectivity index (χ1v) is 13.4. The minimum atomic E-state index is -0.215. The van der Waals surface area contributed by atoms with Crippen molar-refractivity contribution in [2.24, 2.45) is 17.8 Å². The fourth-order valence-corrected chi connectivity index (χ4v) is 5.77.